The first-order valence-electron chi connectivity index (χ1n) is 5.02. The fourth-order valence-corrected chi connectivity index (χ4v) is 1.52. The van der Waals surface area contributed by atoms with Gasteiger partial charge in [0, 0.05) is 5.39 Å². The van der Waals surface area contributed by atoms with Crippen LogP contribution in [0.2, 0.25) is 0 Å². The largest absolute Gasteiger partial charge is 0.489 e. The normalized spacial score (nSPS) is 10.2. The summed E-state index contributed by atoms with van der Waals surface area (Å²) in [4.78, 5) is 0. The second-order valence-corrected chi connectivity index (χ2v) is 3.72. The average Bonchev–Trinajstić information content (AvgIpc) is 2.26. The Bertz CT molecular complexity index is 480. The molecule has 0 aromatic heterocycles. The molecule has 0 radical (unpaired) electrons. The molecule has 2 rings (SSSR count). The molecular weight excluding hydrogens is 184 g/mol. The molecule has 2 aromatic carbocycles. The van der Waals surface area contributed by atoms with Gasteiger partial charge in [0.25, 0.3) is 0 Å². The van der Waals surface area contributed by atoms with Crippen molar-refractivity contribution in [2.24, 2.45) is 0 Å². The van der Waals surface area contributed by atoms with Gasteiger partial charge in [-0.1, -0.05) is 43.0 Å². The maximum absolute atomic E-state index is 5.68. The van der Waals surface area contributed by atoms with Crippen LogP contribution in [0.5, 0.6) is 5.75 Å². The van der Waals surface area contributed by atoms with Gasteiger partial charge in [0.15, 0.2) is 0 Å². The number of hydrogen-bond donors (Lipinski definition) is 0. The SMILES string of the molecule is C=C(C)COc1cccc2ccccc12. The van der Waals surface area contributed by atoms with E-state index in [1.54, 1.807) is 0 Å². The zero-order chi connectivity index (χ0) is 10.7. The Morgan fingerprint density at radius 1 is 1.13 bits per heavy atom. The molecule has 0 heterocycles. The minimum absolute atomic E-state index is 0.577. The van der Waals surface area contributed by atoms with Crippen LogP contribution in [0, 0.1) is 0 Å². The van der Waals surface area contributed by atoms with Crippen molar-refractivity contribution in [2.75, 3.05) is 6.61 Å². The van der Waals surface area contributed by atoms with E-state index < -0.39 is 0 Å². The fraction of sp³-hybridized carbons (Fsp3) is 0.143. The summed E-state index contributed by atoms with van der Waals surface area (Å²) in [6, 6.07) is 14.3. The molecule has 2 aromatic rings. The smallest absolute Gasteiger partial charge is 0.127 e. The summed E-state index contributed by atoms with van der Waals surface area (Å²) in [6.45, 7) is 6.37. The highest BCUT2D eigenvalue weighted by molar-refractivity contribution is 5.88. The first-order valence-corrected chi connectivity index (χ1v) is 5.02. The van der Waals surface area contributed by atoms with E-state index in [9.17, 15) is 0 Å². The molecule has 0 bridgehead atoms. The molecule has 0 saturated carbocycles. The second-order valence-electron chi connectivity index (χ2n) is 3.72. The molecule has 0 aliphatic rings. The predicted molar refractivity (Wildman–Crippen MR) is 64.3 cm³/mol. The monoisotopic (exact) mass is 198 g/mol. The molecular formula is C14H14O. The summed E-state index contributed by atoms with van der Waals surface area (Å²) in [5, 5.41) is 2.36. The average molecular weight is 198 g/mol. The summed E-state index contributed by atoms with van der Waals surface area (Å²) in [5.74, 6) is 0.927. The Balaban J connectivity index is 2.38. The quantitative estimate of drug-likeness (QED) is 0.682. The van der Waals surface area contributed by atoms with Gasteiger partial charge in [-0.05, 0) is 23.9 Å². The van der Waals surface area contributed by atoms with Gasteiger partial charge in [-0.2, -0.15) is 0 Å². The Morgan fingerprint density at radius 2 is 1.87 bits per heavy atom. The molecule has 0 unspecified atom stereocenters. The van der Waals surface area contributed by atoms with Crippen molar-refractivity contribution in [1.29, 1.82) is 0 Å². The van der Waals surface area contributed by atoms with E-state index in [0.717, 1.165) is 16.7 Å². The lowest BCUT2D eigenvalue weighted by Gasteiger charge is -2.08. The van der Waals surface area contributed by atoms with E-state index in [2.05, 4.69) is 24.8 Å². The number of ether oxygens (including phenoxy) is 1. The molecule has 76 valence electrons. The summed E-state index contributed by atoms with van der Waals surface area (Å²) in [5.41, 5.74) is 1.03. The van der Waals surface area contributed by atoms with Gasteiger partial charge >= 0.3 is 0 Å². The summed E-state index contributed by atoms with van der Waals surface area (Å²) in [6.07, 6.45) is 0. The van der Waals surface area contributed by atoms with E-state index in [1.165, 1.54) is 5.39 Å². The van der Waals surface area contributed by atoms with Crippen LogP contribution in [0.3, 0.4) is 0 Å². The van der Waals surface area contributed by atoms with Crippen LogP contribution in [0.4, 0.5) is 0 Å². The van der Waals surface area contributed by atoms with E-state index in [-0.39, 0.29) is 0 Å². The Labute approximate surface area is 90.0 Å². The van der Waals surface area contributed by atoms with Crippen molar-refractivity contribution in [3.8, 4) is 5.75 Å². The third kappa shape index (κ3) is 2.18. The first-order chi connectivity index (χ1) is 7.27. The minimum atomic E-state index is 0.577. The van der Waals surface area contributed by atoms with Crippen molar-refractivity contribution >= 4 is 10.8 Å². The highest BCUT2D eigenvalue weighted by atomic mass is 16.5. The number of hydrogen-bond acceptors (Lipinski definition) is 1. The highest BCUT2D eigenvalue weighted by Crippen LogP contribution is 2.25. The molecule has 15 heavy (non-hydrogen) atoms. The standard InChI is InChI=1S/C14H14O/c1-11(2)10-15-14-9-5-7-12-6-3-4-8-13(12)14/h3-9H,1,10H2,2H3. The summed E-state index contributed by atoms with van der Waals surface area (Å²) >= 11 is 0. The Kier molecular flexibility index (Phi) is 2.72. The van der Waals surface area contributed by atoms with Gasteiger partial charge in [-0.25, -0.2) is 0 Å². The van der Waals surface area contributed by atoms with E-state index in [0.29, 0.717) is 6.61 Å². The zero-order valence-corrected chi connectivity index (χ0v) is 8.86. The van der Waals surface area contributed by atoms with Gasteiger partial charge in [-0.15, -0.1) is 0 Å². The van der Waals surface area contributed by atoms with Gasteiger partial charge < -0.3 is 4.74 Å². The van der Waals surface area contributed by atoms with Crippen molar-refractivity contribution in [3.05, 3.63) is 54.6 Å². The third-order valence-electron chi connectivity index (χ3n) is 2.22. The van der Waals surface area contributed by atoms with Crippen LogP contribution in [-0.2, 0) is 0 Å². The topological polar surface area (TPSA) is 9.23 Å². The van der Waals surface area contributed by atoms with Crippen molar-refractivity contribution in [3.63, 3.8) is 0 Å². The van der Waals surface area contributed by atoms with E-state index >= 15 is 0 Å². The van der Waals surface area contributed by atoms with Gasteiger partial charge in [0.05, 0.1) is 0 Å². The number of rotatable bonds is 3. The van der Waals surface area contributed by atoms with Crippen LogP contribution < -0.4 is 4.74 Å². The molecule has 0 fully saturated rings. The molecule has 0 amide bonds. The van der Waals surface area contributed by atoms with Crippen molar-refractivity contribution < 1.29 is 4.74 Å². The molecule has 0 saturated heterocycles. The maximum atomic E-state index is 5.68. The Morgan fingerprint density at radius 3 is 2.67 bits per heavy atom. The third-order valence-corrected chi connectivity index (χ3v) is 2.22. The summed E-state index contributed by atoms with van der Waals surface area (Å²) < 4.78 is 5.68. The van der Waals surface area contributed by atoms with E-state index in [1.807, 2.05) is 31.2 Å². The number of fused-ring (bicyclic) bond motifs is 1. The molecule has 1 heteroatoms. The fourth-order valence-electron chi connectivity index (χ4n) is 1.52. The van der Waals surface area contributed by atoms with Crippen LogP contribution in [0.15, 0.2) is 54.6 Å². The highest BCUT2D eigenvalue weighted by Gasteiger charge is 2.00. The van der Waals surface area contributed by atoms with Crippen molar-refractivity contribution in [2.45, 2.75) is 6.92 Å². The first kappa shape index (κ1) is 9.78. The molecule has 0 atom stereocenters. The molecule has 0 N–H and O–H groups in total. The Hall–Kier alpha value is -1.76. The lowest BCUT2D eigenvalue weighted by atomic mass is 10.1. The van der Waals surface area contributed by atoms with Crippen LogP contribution in [0.1, 0.15) is 6.92 Å². The molecule has 0 aliphatic carbocycles. The van der Waals surface area contributed by atoms with Gasteiger partial charge in [-0.3, -0.25) is 0 Å². The van der Waals surface area contributed by atoms with Gasteiger partial charge in [0.1, 0.15) is 12.4 Å². The zero-order valence-electron chi connectivity index (χ0n) is 8.86. The maximum Gasteiger partial charge on any atom is 0.127 e. The summed E-state index contributed by atoms with van der Waals surface area (Å²) in [7, 11) is 0. The predicted octanol–water partition coefficient (Wildman–Crippen LogP) is 3.79. The minimum Gasteiger partial charge on any atom is -0.489 e. The van der Waals surface area contributed by atoms with E-state index in [4.69, 9.17) is 4.74 Å². The molecule has 1 nitrogen and oxygen atoms in total. The van der Waals surface area contributed by atoms with Crippen LogP contribution in [0.25, 0.3) is 10.8 Å². The molecule has 0 aliphatic heterocycles. The lowest BCUT2D eigenvalue weighted by molar-refractivity contribution is 0.357. The van der Waals surface area contributed by atoms with Crippen LogP contribution in [-0.4, -0.2) is 6.61 Å². The van der Waals surface area contributed by atoms with Crippen molar-refractivity contribution in [1.82, 2.24) is 0 Å². The number of benzene rings is 2. The second kappa shape index (κ2) is 4.18. The van der Waals surface area contributed by atoms with Gasteiger partial charge in [0.2, 0.25) is 0 Å². The van der Waals surface area contributed by atoms with Crippen LogP contribution >= 0.6 is 0 Å². The lowest BCUT2D eigenvalue weighted by Crippen LogP contribution is -1.97. The molecule has 0 spiro atoms.